The van der Waals surface area contributed by atoms with Gasteiger partial charge in [0.15, 0.2) is 0 Å². The van der Waals surface area contributed by atoms with Crippen molar-refractivity contribution in [2.45, 2.75) is 27.2 Å². The van der Waals surface area contributed by atoms with Gasteiger partial charge in [0.1, 0.15) is 17.5 Å². The van der Waals surface area contributed by atoms with Gasteiger partial charge in [-0.05, 0) is 13.8 Å². The molecular weight excluding hydrogens is 282 g/mol. The van der Waals surface area contributed by atoms with Crippen molar-refractivity contribution in [2.24, 2.45) is 0 Å². The van der Waals surface area contributed by atoms with Gasteiger partial charge < -0.3 is 10.6 Å². The van der Waals surface area contributed by atoms with E-state index in [9.17, 15) is 0 Å². The maximum absolute atomic E-state index is 4.63. The van der Waals surface area contributed by atoms with Crippen LogP contribution < -0.4 is 10.6 Å². The fraction of sp³-hybridized carbons (Fsp3) is 0.733. The zero-order chi connectivity index (χ0) is 15.1. The lowest BCUT2D eigenvalue weighted by Gasteiger charge is -2.26. The van der Waals surface area contributed by atoms with Crippen LogP contribution in [0.25, 0.3) is 0 Å². The van der Waals surface area contributed by atoms with Crippen LogP contribution in [0.1, 0.15) is 25.2 Å². The average molecular weight is 309 g/mol. The van der Waals surface area contributed by atoms with Crippen molar-refractivity contribution in [3.63, 3.8) is 0 Å². The number of aryl methyl sites for hydroxylation is 1. The van der Waals surface area contributed by atoms with Crippen molar-refractivity contribution in [1.29, 1.82) is 0 Å². The fourth-order valence-electron chi connectivity index (χ4n) is 2.39. The first kappa shape index (κ1) is 16.4. The number of hydrogen-bond acceptors (Lipinski definition) is 6. The Labute approximate surface area is 132 Å². The molecule has 0 aromatic carbocycles. The van der Waals surface area contributed by atoms with Gasteiger partial charge in [0.05, 0.1) is 0 Å². The van der Waals surface area contributed by atoms with Crippen LogP contribution in [0.4, 0.5) is 11.6 Å². The highest BCUT2D eigenvalue weighted by atomic mass is 32.2. The first-order chi connectivity index (χ1) is 10.2. The van der Waals surface area contributed by atoms with Crippen LogP contribution >= 0.6 is 11.8 Å². The quantitative estimate of drug-likeness (QED) is 0.806. The van der Waals surface area contributed by atoms with E-state index in [0.717, 1.165) is 49.1 Å². The van der Waals surface area contributed by atoms with Crippen molar-refractivity contribution < 1.29 is 0 Å². The summed E-state index contributed by atoms with van der Waals surface area (Å²) < 4.78 is 0. The highest BCUT2D eigenvalue weighted by molar-refractivity contribution is 7.99. The molecule has 2 heterocycles. The Kier molecular flexibility index (Phi) is 6.57. The Hall–Kier alpha value is -1.01. The standard InChI is InChI=1S/C15H27N5S/c1-4-13-18-14(16-5-2)12(3)15(19-13)17-6-7-20-8-10-21-11-9-20/h4-11H2,1-3H3,(H2,16,17,18,19). The summed E-state index contributed by atoms with van der Waals surface area (Å²) >= 11 is 2.05. The van der Waals surface area contributed by atoms with Gasteiger partial charge in [0, 0.05) is 56.2 Å². The van der Waals surface area contributed by atoms with E-state index in [1.807, 2.05) is 0 Å². The predicted octanol–water partition coefficient (Wildman–Crippen LogP) is 2.24. The Morgan fingerprint density at radius 2 is 1.76 bits per heavy atom. The highest BCUT2D eigenvalue weighted by Crippen LogP contribution is 2.20. The number of rotatable bonds is 7. The summed E-state index contributed by atoms with van der Waals surface area (Å²) in [5.41, 5.74) is 1.11. The zero-order valence-corrected chi connectivity index (χ0v) is 14.2. The van der Waals surface area contributed by atoms with Gasteiger partial charge in [-0.25, -0.2) is 9.97 Å². The molecular formula is C15H27N5S. The van der Waals surface area contributed by atoms with Crippen LogP contribution in [0.2, 0.25) is 0 Å². The Balaban J connectivity index is 1.95. The molecule has 1 aromatic heterocycles. The van der Waals surface area contributed by atoms with Gasteiger partial charge in [0.2, 0.25) is 0 Å². The van der Waals surface area contributed by atoms with Gasteiger partial charge in [-0.3, -0.25) is 4.90 Å². The minimum Gasteiger partial charge on any atom is -0.370 e. The van der Waals surface area contributed by atoms with E-state index in [0.29, 0.717) is 0 Å². The molecule has 0 aliphatic carbocycles. The van der Waals surface area contributed by atoms with Gasteiger partial charge in [0.25, 0.3) is 0 Å². The predicted molar refractivity (Wildman–Crippen MR) is 92.6 cm³/mol. The lowest BCUT2D eigenvalue weighted by atomic mass is 10.3. The second-order valence-corrected chi connectivity index (χ2v) is 6.45. The zero-order valence-electron chi connectivity index (χ0n) is 13.4. The number of anilines is 2. The fourth-order valence-corrected chi connectivity index (χ4v) is 3.37. The largest absolute Gasteiger partial charge is 0.370 e. The lowest BCUT2D eigenvalue weighted by molar-refractivity contribution is 0.314. The van der Waals surface area contributed by atoms with Crippen molar-refractivity contribution in [3.05, 3.63) is 11.4 Å². The maximum atomic E-state index is 4.63. The van der Waals surface area contributed by atoms with E-state index in [1.54, 1.807) is 0 Å². The van der Waals surface area contributed by atoms with Crippen LogP contribution in [-0.2, 0) is 6.42 Å². The normalized spacial score (nSPS) is 16.0. The van der Waals surface area contributed by atoms with Gasteiger partial charge in [-0.15, -0.1) is 0 Å². The first-order valence-electron chi connectivity index (χ1n) is 7.90. The summed E-state index contributed by atoms with van der Waals surface area (Å²) in [7, 11) is 0. The smallest absolute Gasteiger partial charge is 0.134 e. The molecule has 0 spiro atoms. The summed E-state index contributed by atoms with van der Waals surface area (Å²) in [6, 6.07) is 0. The molecule has 6 heteroatoms. The molecule has 1 fully saturated rings. The van der Waals surface area contributed by atoms with Crippen LogP contribution in [0, 0.1) is 6.92 Å². The van der Waals surface area contributed by atoms with E-state index in [1.165, 1.54) is 24.6 Å². The number of hydrogen-bond donors (Lipinski definition) is 2. The number of thioether (sulfide) groups is 1. The minimum absolute atomic E-state index is 0.858. The minimum atomic E-state index is 0.858. The molecule has 2 N–H and O–H groups in total. The van der Waals surface area contributed by atoms with Gasteiger partial charge in [-0.2, -0.15) is 11.8 Å². The molecule has 0 atom stereocenters. The van der Waals surface area contributed by atoms with Crippen molar-refractivity contribution in [1.82, 2.24) is 14.9 Å². The summed E-state index contributed by atoms with van der Waals surface area (Å²) in [6.07, 6.45) is 0.858. The number of nitrogens with one attached hydrogen (secondary N) is 2. The third-order valence-electron chi connectivity index (χ3n) is 3.68. The Bertz CT molecular complexity index is 446. The second kappa shape index (κ2) is 8.44. The SMILES string of the molecule is CCNc1nc(CC)nc(NCCN2CCSCC2)c1C. The maximum Gasteiger partial charge on any atom is 0.134 e. The number of nitrogens with zero attached hydrogens (tertiary/aromatic N) is 3. The third-order valence-corrected chi connectivity index (χ3v) is 4.62. The second-order valence-electron chi connectivity index (χ2n) is 5.23. The van der Waals surface area contributed by atoms with E-state index in [2.05, 4.69) is 58.0 Å². The van der Waals surface area contributed by atoms with E-state index < -0.39 is 0 Å². The van der Waals surface area contributed by atoms with Crippen LogP contribution in [0.3, 0.4) is 0 Å². The molecule has 1 saturated heterocycles. The molecule has 1 aliphatic rings. The van der Waals surface area contributed by atoms with Crippen LogP contribution in [0.15, 0.2) is 0 Å². The Morgan fingerprint density at radius 1 is 1.10 bits per heavy atom. The highest BCUT2D eigenvalue weighted by Gasteiger charge is 2.12. The summed E-state index contributed by atoms with van der Waals surface area (Å²) in [4.78, 5) is 11.7. The van der Waals surface area contributed by atoms with Crippen LogP contribution in [-0.4, -0.2) is 59.1 Å². The molecule has 5 nitrogen and oxygen atoms in total. The first-order valence-corrected chi connectivity index (χ1v) is 9.05. The van der Waals surface area contributed by atoms with Crippen molar-refractivity contribution in [3.8, 4) is 0 Å². The summed E-state index contributed by atoms with van der Waals surface area (Å²) in [6.45, 7) is 11.6. The Morgan fingerprint density at radius 3 is 2.38 bits per heavy atom. The lowest BCUT2D eigenvalue weighted by Crippen LogP contribution is -2.36. The molecule has 0 radical (unpaired) electrons. The van der Waals surface area contributed by atoms with Crippen LogP contribution in [0.5, 0.6) is 0 Å². The topological polar surface area (TPSA) is 53.1 Å². The monoisotopic (exact) mass is 309 g/mol. The molecule has 118 valence electrons. The molecule has 2 rings (SSSR count). The molecule has 21 heavy (non-hydrogen) atoms. The summed E-state index contributed by atoms with van der Waals surface area (Å²) in [5, 5.41) is 6.82. The van der Waals surface area contributed by atoms with Gasteiger partial charge in [-0.1, -0.05) is 6.92 Å². The molecule has 0 saturated carbocycles. The average Bonchev–Trinajstić information content (AvgIpc) is 2.52. The van der Waals surface area contributed by atoms with E-state index >= 15 is 0 Å². The van der Waals surface area contributed by atoms with E-state index in [4.69, 9.17) is 0 Å². The molecule has 1 aliphatic heterocycles. The molecule has 0 bridgehead atoms. The third kappa shape index (κ3) is 4.74. The molecule has 1 aromatic rings. The summed E-state index contributed by atoms with van der Waals surface area (Å²) in [5.74, 6) is 5.35. The molecule has 0 amide bonds. The van der Waals surface area contributed by atoms with E-state index in [-0.39, 0.29) is 0 Å². The number of aromatic nitrogens is 2. The van der Waals surface area contributed by atoms with Gasteiger partial charge >= 0.3 is 0 Å². The molecule has 0 unspecified atom stereocenters. The van der Waals surface area contributed by atoms with Crippen molar-refractivity contribution in [2.75, 3.05) is 54.9 Å². The van der Waals surface area contributed by atoms with Crippen molar-refractivity contribution >= 4 is 23.4 Å².